The molecule has 8 heteroatoms. The van der Waals surface area contributed by atoms with Crippen molar-refractivity contribution in [1.29, 1.82) is 0 Å². The molecule has 0 radical (unpaired) electrons. The number of aryl methyl sites for hydroxylation is 2. The Labute approximate surface area is 212 Å². The van der Waals surface area contributed by atoms with Crippen molar-refractivity contribution < 1.29 is 19.1 Å². The maximum Gasteiger partial charge on any atom is 0.338 e. The van der Waals surface area contributed by atoms with E-state index in [9.17, 15) is 14.4 Å². The summed E-state index contributed by atoms with van der Waals surface area (Å²) >= 11 is 7.19. The van der Waals surface area contributed by atoms with Crippen LogP contribution >= 0.6 is 23.4 Å². The molecule has 1 aliphatic rings. The first-order chi connectivity index (χ1) is 16.8. The number of ether oxygens (including phenoxy) is 1. The van der Waals surface area contributed by atoms with Crippen molar-refractivity contribution in [3.63, 3.8) is 0 Å². The Morgan fingerprint density at radius 1 is 1.00 bits per heavy atom. The van der Waals surface area contributed by atoms with Crippen LogP contribution in [-0.4, -0.2) is 24.4 Å². The van der Waals surface area contributed by atoms with Gasteiger partial charge in [-0.25, -0.2) is 9.69 Å². The lowest BCUT2D eigenvalue weighted by Gasteiger charge is -2.18. The van der Waals surface area contributed by atoms with Crippen LogP contribution in [0.1, 0.15) is 28.4 Å². The maximum atomic E-state index is 13.6. The minimum atomic E-state index is -0.472. The lowest BCUT2D eigenvalue weighted by atomic mass is 10.1. The third-order valence-corrected chi connectivity index (χ3v) is 6.65. The summed E-state index contributed by atoms with van der Waals surface area (Å²) in [4.78, 5) is 41.5. The van der Waals surface area contributed by atoms with Gasteiger partial charge in [-0.05, 0) is 74.9 Å². The first-order valence-electron chi connectivity index (χ1n) is 11.0. The first-order valence-corrected chi connectivity index (χ1v) is 12.2. The second-order valence-electron chi connectivity index (χ2n) is 7.92. The number of esters is 1. The third kappa shape index (κ3) is 5.26. The number of carbonyl (C=O) groups is 3. The zero-order valence-corrected chi connectivity index (χ0v) is 21.0. The molecule has 1 N–H and O–H groups in total. The summed E-state index contributed by atoms with van der Waals surface area (Å²) in [5.74, 6) is -1.36. The molecule has 4 rings (SSSR count). The van der Waals surface area contributed by atoms with Crippen LogP contribution in [-0.2, 0) is 14.3 Å². The van der Waals surface area contributed by atoms with E-state index < -0.39 is 17.8 Å². The summed E-state index contributed by atoms with van der Waals surface area (Å²) in [5, 5.41) is 3.66. The van der Waals surface area contributed by atoms with Crippen LogP contribution in [0.3, 0.4) is 0 Å². The summed E-state index contributed by atoms with van der Waals surface area (Å²) < 4.78 is 5.08. The van der Waals surface area contributed by atoms with E-state index in [0.717, 1.165) is 16.0 Å². The summed E-state index contributed by atoms with van der Waals surface area (Å²) in [7, 11) is 0. The maximum absolute atomic E-state index is 13.6. The molecule has 6 nitrogen and oxygen atoms in total. The Morgan fingerprint density at radius 3 is 2.43 bits per heavy atom. The molecule has 1 aliphatic heterocycles. The van der Waals surface area contributed by atoms with E-state index in [1.807, 2.05) is 26.0 Å². The number of hydrogen-bond acceptors (Lipinski definition) is 6. The number of amides is 2. The van der Waals surface area contributed by atoms with Gasteiger partial charge in [0.2, 0.25) is 0 Å². The second kappa shape index (κ2) is 10.4. The molecular weight excluding hydrogens is 484 g/mol. The highest BCUT2D eigenvalue weighted by atomic mass is 35.5. The third-order valence-electron chi connectivity index (χ3n) is 5.31. The lowest BCUT2D eigenvalue weighted by Crippen LogP contribution is -2.33. The molecule has 0 aliphatic carbocycles. The van der Waals surface area contributed by atoms with Crippen LogP contribution < -0.4 is 10.2 Å². The topological polar surface area (TPSA) is 75.7 Å². The summed E-state index contributed by atoms with van der Waals surface area (Å²) in [6.07, 6.45) is 0. The van der Waals surface area contributed by atoms with Gasteiger partial charge >= 0.3 is 5.97 Å². The number of carbonyl (C=O) groups excluding carboxylic acids is 3. The Balaban J connectivity index is 1.74. The van der Waals surface area contributed by atoms with Crippen molar-refractivity contribution >= 4 is 52.5 Å². The lowest BCUT2D eigenvalue weighted by molar-refractivity contribution is -0.120. The van der Waals surface area contributed by atoms with E-state index in [1.165, 1.54) is 16.7 Å². The average molecular weight is 507 g/mol. The number of anilines is 2. The van der Waals surface area contributed by atoms with Gasteiger partial charge in [0.05, 0.1) is 17.9 Å². The number of nitrogens with one attached hydrogen (secondary N) is 1. The fourth-order valence-corrected chi connectivity index (χ4v) is 4.75. The quantitative estimate of drug-likeness (QED) is 0.307. The van der Waals surface area contributed by atoms with Crippen molar-refractivity contribution in [1.82, 2.24) is 0 Å². The minimum absolute atomic E-state index is 0.135. The highest BCUT2D eigenvalue weighted by Crippen LogP contribution is 2.39. The average Bonchev–Trinajstić information content (AvgIpc) is 3.05. The number of nitrogens with zero attached hydrogens (tertiary/aromatic N) is 1. The zero-order chi connectivity index (χ0) is 25.1. The normalized spacial score (nSPS) is 13.4. The van der Waals surface area contributed by atoms with Gasteiger partial charge in [-0.1, -0.05) is 47.1 Å². The fourth-order valence-electron chi connectivity index (χ4n) is 3.69. The van der Waals surface area contributed by atoms with Crippen LogP contribution in [0.25, 0.3) is 0 Å². The predicted octanol–water partition coefficient (Wildman–Crippen LogP) is 6.12. The van der Waals surface area contributed by atoms with Gasteiger partial charge in [-0.15, -0.1) is 0 Å². The summed E-state index contributed by atoms with van der Waals surface area (Å²) in [6, 6.07) is 19.2. The molecule has 0 atom stereocenters. The van der Waals surface area contributed by atoms with E-state index in [-0.39, 0.29) is 17.2 Å². The van der Waals surface area contributed by atoms with E-state index in [4.69, 9.17) is 16.3 Å². The molecule has 0 aromatic heterocycles. The number of imide groups is 1. The Bertz CT molecular complexity index is 1350. The van der Waals surface area contributed by atoms with Crippen molar-refractivity contribution in [2.45, 2.75) is 25.7 Å². The molecule has 3 aromatic carbocycles. The van der Waals surface area contributed by atoms with Gasteiger partial charge in [-0.3, -0.25) is 9.59 Å². The van der Waals surface area contributed by atoms with Crippen LogP contribution in [0, 0.1) is 13.8 Å². The predicted molar refractivity (Wildman–Crippen MR) is 139 cm³/mol. The highest BCUT2D eigenvalue weighted by Gasteiger charge is 2.40. The monoisotopic (exact) mass is 506 g/mol. The Hall–Kier alpha value is -3.55. The molecule has 0 fully saturated rings. The smallest absolute Gasteiger partial charge is 0.338 e. The molecule has 0 spiro atoms. The molecule has 0 saturated heterocycles. The number of hydrogen-bond donors (Lipinski definition) is 1. The van der Waals surface area contributed by atoms with Gasteiger partial charge in [0.1, 0.15) is 10.6 Å². The molecule has 1 heterocycles. The first kappa shape index (κ1) is 24.6. The molecule has 3 aromatic rings. The fraction of sp³-hybridized carbons (Fsp3) is 0.148. The number of halogens is 1. The summed E-state index contributed by atoms with van der Waals surface area (Å²) in [5.41, 5.74) is 3.33. The zero-order valence-electron chi connectivity index (χ0n) is 19.4. The molecule has 0 bridgehead atoms. The molecule has 178 valence electrons. The standard InChI is InChI=1S/C27H23ClN2O4S/c1-4-34-27(33)18-6-5-7-20(15-18)29-23-24(35-21-11-9-19(28)10-12-21)26(32)30(25(23)31)22-13-8-16(2)14-17(22)3/h5-15,29H,4H2,1-3H3. The largest absolute Gasteiger partial charge is 0.462 e. The van der Waals surface area contributed by atoms with E-state index in [0.29, 0.717) is 22.0 Å². The summed E-state index contributed by atoms with van der Waals surface area (Å²) in [6.45, 7) is 5.80. The van der Waals surface area contributed by atoms with Crippen LogP contribution in [0.5, 0.6) is 0 Å². The second-order valence-corrected chi connectivity index (χ2v) is 9.44. The molecule has 2 amide bonds. The van der Waals surface area contributed by atoms with Crippen LogP contribution in [0.4, 0.5) is 11.4 Å². The van der Waals surface area contributed by atoms with Gasteiger partial charge < -0.3 is 10.1 Å². The van der Waals surface area contributed by atoms with E-state index in [1.54, 1.807) is 61.5 Å². The van der Waals surface area contributed by atoms with Crippen molar-refractivity contribution in [2.24, 2.45) is 0 Å². The molecule has 0 saturated carbocycles. The van der Waals surface area contributed by atoms with Gasteiger partial charge in [0.25, 0.3) is 11.8 Å². The minimum Gasteiger partial charge on any atom is -0.462 e. The Kier molecular flexibility index (Phi) is 7.28. The van der Waals surface area contributed by atoms with Crippen LogP contribution in [0.2, 0.25) is 5.02 Å². The van der Waals surface area contributed by atoms with Crippen molar-refractivity contribution in [2.75, 3.05) is 16.8 Å². The van der Waals surface area contributed by atoms with E-state index in [2.05, 4.69) is 5.32 Å². The molecule has 35 heavy (non-hydrogen) atoms. The van der Waals surface area contributed by atoms with Crippen molar-refractivity contribution in [3.8, 4) is 0 Å². The van der Waals surface area contributed by atoms with Crippen molar-refractivity contribution in [3.05, 3.63) is 99.0 Å². The van der Waals surface area contributed by atoms with Gasteiger partial charge in [-0.2, -0.15) is 0 Å². The molecule has 0 unspecified atom stereocenters. The van der Waals surface area contributed by atoms with E-state index >= 15 is 0 Å². The number of rotatable bonds is 7. The number of thioether (sulfide) groups is 1. The number of benzene rings is 3. The van der Waals surface area contributed by atoms with Gasteiger partial charge in [0.15, 0.2) is 0 Å². The van der Waals surface area contributed by atoms with Crippen LogP contribution in [0.15, 0.2) is 82.2 Å². The Morgan fingerprint density at radius 2 is 1.74 bits per heavy atom. The van der Waals surface area contributed by atoms with Gasteiger partial charge in [0, 0.05) is 15.6 Å². The SMILES string of the molecule is CCOC(=O)c1cccc(NC2=C(Sc3ccc(Cl)cc3)C(=O)N(c3ccc(C)cc3C)C2=O)c1. The molecular formula is C27H23ClN2O4S. The highest BCUT2D eigenvalue weighted by molar-refractivity contribution is 8.04.